The van der Waals surface area contributed by atoms with E-state index in [4.69, 9.17) is 5.11 Å². The quantitative estimate of drug-likeness (QED) is 0.293. The van der Waals surface area contributed by atoms with Gasteiger partial charge in [-0.2, -0.15) is 11.8 Å². The van der Waals surface area contributed by atoms with Gasteiger partial charge < -0.3 is 5.11 Å². The van der Waals surface area contributed by atoms with Crippen molar-refractivity contribution < 1.29 is 9.90 Å². The van der Waals surface area contributed by atoms with E-state index in [1.807, 2.05) is 18.7 Å². The minimum Gasteiger partial charge on any atom is -0.481 e. The molecule has 0 fully saturated rings. The molecular weight excluding hydrogens is 410 g/mol. The number of carboxylic acid groups (broad SMARTS) is 1. The molecule has 0 spiro atoms. The first-order chi connectivity index (χ1) is 14.2. The zero-order valence-corrected chi connectivity index (χ0v) is 21.1. The molecule has 168 valence electrons. The van der Waals surface area contributed by atoms with Crippen LogP contribution in [0.2, 0.25) is 0 Å². The Morgan fingerprint density at radius 1 is 1.20 bits per heavy atom. The molecule has 0 aromatic carbocycles. The number of hydrogen-bond donors (Lipinski definition) is 1. The van der Waals surface area contributed by atoms with Crippen LogP contribution in [0.5, 0.6) is 0 Å². The molecule has 1 N–H and O–H groups in total. The van der Waals surface area contributed by atoms with E-state index in [0.29, 0.717) is 16.4 Å². The highest BCUT2D eigenvalue weighted by Gasteiger charge is 2.12. The lowest BCUT2D eigenvalue weighted by molar-refractivity contribution is -0.137. The predicted molar refractivity (Wildman–Crippen MR) is 134 cm³/mol. The van der Waals surface area contributed by atoms with Crippen LogP contribution in [0.15, 0.2) is 34.8 Å². The van der Waals surface area contributed by atoms with E-state index in [-0.39, 0.29) is 6.42 Å². The number of carbonyl (C=O) groups is 1. The highest BCUT2D eigenvalue weighted by atomic mass is 32.2. The summed E-state index contributed by atoms with van der Waals surface area (Å²) in [5.41, 5.74) is 3.87. The van der Waals surface area contributed by atoms with Gasteiger partial charge in [0.15, 0.2) is 0 Å². The van der Waals surface area contributed by atoms with Crippen molar-refractivity contribution in [2.75, 3.05) is 0 Å². The Morgan fingerprint density at radius 2 is 1.93 bits per heavy atom. The van der Waals surface area contributed by atoms with Crippen LogP contribution in [-0.2, 0) is 4.79 Å². The van der Waals surface area contributed by atoms with E-state index in [1.54, 1.807) is 11.3 Å². The van der Waals surface area contributed by atoms with Gasteiger partial charge in [-0.05, 0) is 64.9 Å². The van der Waals surface area contributed by atoms with Gasteiger partial charge in [0, 0.05) is 22.3 Å². The molecule has 3 atom stereocenters. The Bertz CT molecular complexity index is 733. The summed E-state index contributed by atoms with van der Waals surface area (Å²) >= 11 is 3.61. The highest BCUT2D eigenvalue weighted by Crippen LogP contribution is 2.26. The molecule has 0 saturated carbocycles. The largest absolute Gasteiger partial charge is 0.481 e. The van der Waals surface area contributed by atoms with Crippen molar-refractivity contribution in [2.24, 2.45) is 5.92 Å². The van der Waals surface area contributed by atoms with Gasteiger partial charge in [-0.15, -0.1) is 11.3 Å². The summed E-state index contributed by atoms with van der Waals surface area (Å²) in [5, 5.41) is 13.0. The first kappa shape index (κ1) is 26.7. The Balaban J connectivity index is 2.29. The lowest BCUT2D eigenvalue weighted by Crippen LogP contribution is -2.10. The number of aryl methyl sites for hydroxylation is 1. The van der Waals surface area contributed by atoms with Crippen LogP contribution in [0, 0.1) is 12.8 Å². The third-order valence-electron chi connectivity index (χ3n) is 4.90. The molecular formula is C25H39NO2S2. The number of thiazole rings is 1. The van der Waals surface area contributed by atoms with Gasteiger partial charge in [0.05, 0.1) is 10.7 Å². The SMILES string of the molecule is C/C(=C/CC/C(C)=C/c1csc(C)n1)C/C=C\C(C)CC(C)SC(C)CCC(=O)O. The van der Waals surface area contributed by atoms with Crippen molar-refractivity contribution in [3.8, 4) is 0 Å². The summed E-state index contributed by atoms with van der Waals surface area (Å²) in [6, 6.07) is 0. The average molecular weight is 450 g/mol. The first-order valence-electron chi connectivity index (χ1n) is 10.9. The fourth-order valence-corrected chi connectivity index (χ4v) is 5.37. The Hall–Kier alpha value is -1.33. The standard InChI is InChI=1S/C25H39NO2S2/c1-18(10-8-12-20(3)16-24-17-29-23(6)26-24)9-7-11-19(2)15-22(5)30-21(4)13-14-25(27)28/h7,10-11,16-17,19,21-22H,8-9,12-15H2,1-6H3,(H,27,28)/b11-7-,18-10-,20-16+. The third kappa shape index (κ3) is 13.1. The van der Waals surface area contributed by atoms with Gasteiger partial charge in [0.2, 0.25) is 0 Å². The van der Waals surface area contributed by atoms with Crippen molar-refractivity contribution >= 4 is 35.1 Å². The number of rotatable bonds is 14. The van der Waals surface area contributed by atoms with Gasteiger partial charge in [0.1, 0.15) is 0 Å². The number of aliphatic carboxylic acids is 1. The second-order valence-electron chi connectivity index (χ2n) is 8.41. The van der Waals surface area contributed by atoms with Crippen LogP contribution in [0.25, 0.3) is 6.08 Å². The summed E-state index contributed by atoms with van der Waals surface area (Å²) in [7, 11) is 0. The molecule has 30 heavy (non-hydrogen) atoms. The lowest BCUT2D eigenvalue weighted by atomic mass is 10.0. The van der Waals surface area contributed by atoms with E-state index in [1.165, 1.54) is 11.1 Å². The fourth-order valence-electron chi connectivity index (χ4n) is 3.34. The zero-order valence-electron chi connectivity index (χ0n) is 19.5. The topological polar surface area (TPSA) is 50.2 Å². The molecule has 1 aromatic rings. The van der Waals surface area contributed by atoms with Crippen LogP contribution >= 0.6 is 23.1 Å². The number of thioether (sulfide) groups is 1. The van der Waals surface area contributed by atoms with Gasteiger partial charge in [0.25, 0.3) is 0 Å². The van der Waals surface area contributed by atoms with Crippen molar-refractivity contribution in [3.05, 3.63) is 45.5 Å². The molecule has 1 rings (SSSR count). The van der Waals surface area contributed by atoms with Crippen LogP contribution in [0.4, 0.5) is 0 Å². The number of carboxylic acids is 1. The molecule has 5 heteroatoms. The Labute approximate surface area is 191 Å². The monoisotopic (exact) mass is 449 g/mol. The number of hydrogen-bond acceptors (Lipinski definition) is 4. The molecule has 0 aliphatic heterocycles. The maximum atomic E-state index is 10.7. The van der Waals surface area contributed by atoms with Crippen LogP contribution in [0.1, 0.15) is 83.8 Å². The molecule has 3 nitrogen and oxygen atoms in total. The van der Waals surface area contributed by atoms with Crippen molar-refractivity contribution in [1.29, 1.82) is 0 Å². The summed E-state index contributed by atoms with van der Waals surface area (Å²) in [4.78, 5) is 15.2. The zero-order chi connectivity index (χ0) is 22.5. The van der Waals surface area contributed by atoms with Crippen LogP contribution in [-0.4, -0.2) is 26.6 Å². The van der Waals surface area contributed by atoms with E-state index < -0.39 is 5.97 Å². The number of aromatic nitrogens is 1. The predicted octanol–water partition coefficient (Wildman–Crippen LogP) is 7.93. The molecule has 3 unspecified atom stereocenters. The second-order valence-corrected chi connectivity index (χ2v) is 11.4. The van der Waals surface area contributed by atoms with Crippen LogP contribution < -0.4 is 0 Å². The Morgan fingerprint density at radius 3 is 2.57 bits per heavy atom. The van der Waals surface area contributed by atoms with Gasteiger partial charge >= 0.3 is 5.97 Å². The van der Waals surface area contributed by atoms with Gasteiger partial charge in [-0.25, -0.2) is 4.98 Å². The number of allylic oxidation sites excluding steroid dienone is 5. The van der Waals surface area contributed by atoms with Crippen molar-refractivity contribution in [3.63, 3.8) is 0 Å². The minimum atomic E-state index is -0.699. The van der Waals surface area contributed by atoms with Crippen molar-refractivity contribution in [2.45, 2.75) is 90.6 Å². The summed E-state index contributed by atoms with van der Waals surface area (Å²) in [6.07, 6.45) is 14.5. The van der Waals surface area contributed by atoms with Crippen molar-refractivity contribution in [1.82, 2.24) is 4.98 Å². The van der Waals surface area contributed by atoms with Crippen LogP contribution in [0.3, 0.4) is 0 Å². The Kier molecular flexibility index (Phi) is 13.0. The summed E-state index contributed by atoms with van der Waals surface area (Å²) < 4.78 is 0. The highest BCUT2D eigenvalue weighted by molar-refractivity contribution is 8.00. The van der Waals surface area contributed by atoms with Gasteiger partial charge in [-0.1, -0.05) is 50.1 Å². The lowest BCUT2D eigenvalue weighted by Gasteiger charge is -2.18. The number of nitrogens with zero attached hydrogens (tertiary/aromatic N) is 1. The maximum absolute atomic E-state index is 10.7. The molecule has 1 aromatic heterocycles. The molecule has 0 aliphatic carbocycles. The molecule has 1 heterocycles. The summed E-state index contributed by atoms with van der Waals surface area (Å²) in [6.45, 7) is 13.1. The molecule has 0 saturated heterocycles. The fraction of sp³-hybridized carbons (Fsp3) is 0.600. The van der Waals surface area contributed by atoms with E-state index in [0.717, 1.165) is 42.8 Å². The van der Waals surface area contributed by atoms with E-state index in [2.05, 4.69) is 69.3 Å². The minimum absolute atomic E-state index is 0.266. The molecule has 0 aliphatic rings. The normalized spacial score (nSPS) is 16.1. The molecule has 0 amide bonds. The second kappa shape index (κ2) is 14.6. The third-order valence-corrected chi connectivity index (χ3v) is 7.05. The molecule has 0 bridgehead atoms. The van der Waals surface area contributed by atoms with E-state index in [9.17, 15) is 4.79 Å². The van der Waals surface area contributed by atoms with E-state index >= 15 is 0 Å². The first-order valence-corrected chi connectivity index (χ1v) is 12.8. The smallest absolute Gasteiger partial charge is 0.303 e. The summed E-state index contributed by atoms with van der Waals surface area (Å²) in [5.74, 6) is -0.158. The maximum Gasteiger partial charge on any atom is 0.303 e. The van der Waals surface area contributed by atoms with Gasteiger partial charge in [-0.3, -0.25) is 4.79 Å². The molecule has 0 radical (unpaired) electrons. The average Bonchev–Trinajstić information content (AvgIpc) is 3.04.